The summed E-state index contributed by atoms with van der Waals surface area (Å²) in [5.41, 5.74) is 0.509. The van der Waals surface area contributed by atoms with Crippen LogP contribution in [0.1, 0.15) is 52.3 Å². The molecule has 2 aromatic carbocycles. The van der Waals surface area contributed by atoms with Crippen LogP contribution in [0.25, 0.3) is 0 Å². The van der Waals surface area contributed by atoms with Gasteiger partial charge < -0.3 is 15.4 Å². The number of nitrogens with two attached hydrogens (primary N) is 1. The molecule has 1 aliphatic rings. The molecule has 0 saturated heterocycles. The number of rotatable bonds is 6. The number of fused-ring (bicyclic) bond motifs is 1. The van der Waals surface area contributed by atoms with Gasteiger partial charge in [0.2, 0.25) is 0 Å². The number of amides is 1. The predicted molar refractivity (Wildman–Crippen MR) is 137 cm³/mol. The minimum Gasteiger partial charge on any atom is -0.448 e. The van der Waals surface area contributed by atoms with Crippen molar-refractivity contribution in [2.45, 2.75) is 50.9 Å². The van der Waals surface area contributed by atoms with Crippen molar-refractivity contribution in [1.82, 2.24) is 20.2 Å². The van der Waals surface area contributed by atoms with Gasteiger partial charge in [0.15, 0.2) is 0 Å². The van der Waals surface area contributed by atoms with Crippen molar-refractivity contribution in [3.8, 4) is 0 Å². The van der Waals surface area contributed by atoms with Gasteiger partial charge in [-0.15, -0.1) is 5.10 Å². The summed E-state index contributed by atoms with van der Waals surface area (Å²) >= 11 is 0. The van der Waals surface area contributed by atoms with E-state index < -0.39 is 59.5 Å². The molecule has 0 saturated carbocycles. The third-order valence-corrected chi connectivity index (χ3v) is 6.88. The average Bonchev–Trinajstić information content (AvgIpc) is 3.26. The number of anilines is 2. The van der Waals surface area contributed by atoms with Crippen LogP contribution in [-0.4, -0.2) is 46.0 Å². The maximum Gasteiger partial charge on any atom is 0.416 e. The Labute approximate surface area is 244 Å². The SMILES string of the molecule is Cc1cc2c(cc1C(F)(F)F)N(C(=O)OCCN)CCC[C@@H]2N(Cc1cc(C(F)(F)F)cc(C(F)(F)F)c1)c1nnn(C)n1. The largest absolute Gasteiger partial charge is 0.448 e. The highest BCUT2D eigenvalue weighted by Gasteiger charge is 2.40. The Hall–Kier alpha value is -4.09. The van der Waals surface area contributed by atoms with E-state index in [2.05, 4.69) is 15.4 Å². The van der Waals surface area contributed by atoms with Crippen molar-refractivity contribution in [3.63, 3.8) is 0 Å². The van der Waals surface area contributed by atoms with Gasteiger partial charge in [0.1, 0.15) is 6.61 Å². The van der Waals surface area contributed by atoms with Gasteiger partial charge in [-0.3, -0.25) is 4.90 Å². The molecular formula is C26H26F9N7O2. The fraction of sp³-hybridized carbons (Fsp3) is 0.462. The zero-order valence-electron chi connectivity index (χ0n) is 23.2. The average molecular weight is 640 g/mol. The smallest absolute Gasteiger partial charge is 0.416 e. The van der Waals surface area contributed by atoms with E-state index in [1.165, 1.54) is 24.9 Å². The van der Waals surface area contributed by atoms with Crippen LogP contribution >= 0.6 is 0 Å². The van der Waals surface area contributed by atoms with Gasteiger partial charge in [0.05, 0.1) is 35.5 Å². The molecule has 4 rings (SSSR count). The molecule has 1 aromatic heterocycles. The van der Waals surface area contributed by atoms with E-state index in [1.807, 2.05) is 0 Å². The second-order valence-corrected chi connectivity index (χ2v) is 10.1. The Morgan fingerprint density at radius 3 is 2.16 bits per heavy atom. The van der Waals surface area contributed by atoms with E-state index in [-0.39, 0.29) is 61.4 Å². The molecule has 3 aromatic rings. The highest BCUT2D eigenvalue weighted by atomic mass is 19.4. The number of carbonyl (C=O) groups is 1. The normalized spacial score (nSPS) is 16.0. The number of benzene rings is 2. The van der Waals surface area contributed by atoms with Crippen LogP contribution < -0.4 is 15.5 Å². The highest BCUT2D eigenvalue weighted by Crippen LogP contribution is 2.44. The molecule has 1 atom stereocenters. The molecule has 2 heterocycles. The number of hydrogen-bond donors (Lipinski definition) is 1. The first-order chi connectivity index (χ1) is 20.4. The molecule has 0 fully saturated rings. The van der Waals surface area contributed by atoms with E-state index in [1.54, 1.807) is 0 Å². The molecule has 0 unspecified atom stereocenters. The highest BCUT2D eigenvalue weighted by molar-refractivity contribution is 5.89. The van der Waals surface area contributed by atoms with E-state index in [0.717, 1.165) is 15.8 Å². The van der Waals surface area contributed by atoms with E-state index in [0.29, 0.717) is 12.1 Å². The Morgan fingerprint density at radius 2 is 1.64 bits per heavy atom. The third kappa shape index (κ3) is 7.16. The number of hydrogen-bond acceptors (Lipinski definition) is 7. The van der Waals surface area contributed by atoms with Crippen LogP contribution in [0, 0.1) is 6.92 Å². The van der Waals surface area contributed by atoms with Gasteiger partial charge in [-0.1, -0.05) is 11.2 Å². The number of aromatic nitrogens is 4. The Bertz CT molecular complexity index is 1470. The first-order valence-corrected chi connectivity index (χ1v) is 13.0. The molecular weight excluding hydrogens is 613 g/mol. The molecule has 1 aliphatic heterocycles. The second-order valence-electron chi connectivity index (χ2n) is 10.1. The monoisotopic (exact) mass is 639 g/mol. The molecule has 2 N–H and O–H groups in total. The second kappa shape index (κ2) is 12.1. The standard InChI is InChI=1S/C26H26F9N7O2/c1-14-8-18-20(4-3-6-41(23(43)44-7-5-36)21(18)12-19(14)26(33,34)35)42(22-37-39-40(2)38-22)13-15-9-16(24(27,28)29)11-17(10-15)25(30,31)32/h8-12,20H,3-7,13,36H2,1-2H3/t20-/m0/s1. The minimum atomic E-state index is -5.12. The van der Waals surface area contributed by atoms with Crippen molar-refractivity contribution in [2.75, 3.05) is 29.5 Å². The van der Waals surface area contributed by atoms with Crippen molar-refractivity contribution in [2.24, 2.45) is 12.8 Å². The molecule has 44 heavy (non-hydrogen) atoms. The topological polar surface area (TPSA) is 102 Å². The summed E-state index contributed by atoms with van der Waals surface area (Å²) in [5.74, 6) is -0.217. The summed E-state index contributed by atoms with van der Waals surface area (Å²) in [4.78, 5) is 16.2. The maximum atomic E-state index is 14.0. The maximum absolute atomic E-state index is 14.0. The number of tetrazole rings is 1. The summed E-state index contributed by atoms with van der Waals surface area (Å²) in [5, 5.41) is 11.7. The first kappa shape index (κ1) is 32.8. The summed E-state index contributed by atoms with van der Waals surface area (Å²) in [6, 6.07) is 2.00. The van der Waals surface area contributed by atoms with E-state index in [4.69, 9.17) is 10.5 Å². The molecule has 0 aliphatic carbocycles. The lowest BCUT2D eigenvalue weighted by molar-refractivity contribution is -0.143. The number of nitrogens with zero attached hydrogens (tertiary/aromatic N) is 6. The van der Waals surface area contributed by atoms with Crippen molar-refractivity contribution < 1.29 is 49.0 Å². The Kier molecular flexibility index (Phi) is 9.04. The van der Waals surface area contributed by atoms with Gasteiger partial charge in [-0.05, 0) is 65.9 Å². The van der Waals surface area contributed by atoms with Crippen LogP contribution in [0.2, 0.25) is 0 Å². The van der Waals surface area contributed by atoms with Crippen molar-refractivity contribution >= 4 is 17.7 Å². The number of carbonyl (C=O) groups excluding carboxylic acids is 1. The van der Waals surface area contributed by atoms with Gasteiger partial charge >= 0.3 is 24.6 Å². The van der Waals surface area contributed by atoms with Crippen molar-refractivity contribution in [1.29, 1.82) is 0 Å². The van der Waals surface area contributed by atoms with Gasteiger partial charge in [-0.25, -0.2) is 4.79 Å². The predicted octanol–water partition coefficient (Wildman–Crippen LogP) is 6.02. The summed E-state index contributed by atoms with van der Waals surface area (Å²) in [7, 11) is 1.37. The molecule has 0 bridgehead atoms. The first-order valence-electron chi connectivity index (χ1n) is 13.0. The number of halogens is 9. The molecule has 18 heteroatoms. The van der Waals surface area contributed by atoms with Gasteiger partial charge in [0.25, 0.3) is 5.95 Å². The van der Waals surface area contributed by atoms with Crippen molar-refractivity contribution in [3.05, 3.63) is 63.7 Å². The van der Waals surface area contributed by atoms with Gasteiger partial charge in [-0.2, -0.15) is 44.3 Å². The van der Waals surface area contributed by atoms with Crippen LogP contribution in [0.4, 0.5) is 55.9 Å². The minimum absolute atomic E-state index is 0.0117. The Balaban J connectivity index is 1.91. The zero-order valence-corrected chi connectivity index (χ0v) is 23.2. The fourth-order valence-electron chi connectivity index (χ4n) is 5.00. The van der Waals surface area contributed by atoms with Gasteiger partial charge in [0, 0.05) is 19.6 Å². The molecule has 0 radical (unpaired) electrons. The third-order valence-electron chi connectivity index (χ3n) is 6.88. The molecule has 1 amide bonds. The summed E-state index contributed by atoms with van der Waals surface area (Å²) in [6.07, 6.45) is -15.8. The molecule has 0 spiro atoms. The lowest BCUT2D eigenvalue weighted by atomic mass is 9.94. The van der Waals surface area contributed by atoms with E-state index in [9.17, 15) is 44.3 Å². The fourth-order valence-corrected chi connectivity index (χ4v) is 5.00. The number of aryl methyl sites for hydroxylation is 2. The number of alkyl halides is 9. The Morgan fingerprint density at radius 1 is 1.00 bits per heavy atom. The van der Waals surface area contributed by atoms with Crippen LogP contribution in [0.5, 0.6) is 0 Å². The lowest BCUT2D eigenvalue weighted by Gasteiger charge is -2.33. The van der Waals surface area contributed by atoms with Crippen LogP contribution in [0.15, 0.2) is 30.3 Å². The number of ether oxygens (including phenoxy) is 1. The van der Waals surface area contributed by atoms with E-state index >= 15 is 0 Å². The van der Waals surface area contributed by atoms with Crippen LogP contribution in [0.3, 0.4) is 0 Å². The quantitative estimate of drug-likeness (QED) is 0.329. The van der Waals surface area contributed by atoms with Crippen LogP contribution in [-0.2, 0) is 36.9 Å². The zero-order chi connectivity index (χ0) is 32.6. The molecule has 240 valence electrons. The lowest BCUT2D eigenvalue weighted by Crippen LogP contribution is -2.34. The summed E-state index contributed by atoms with van der Waals surface area (Å²) in [6.45, 7) is 0.172. The molecule has 9 nitrogen and oxygen atoms in total. The summed E-state index contributed by atoms with van der Waals surface area (Å²) < 4.78 is 129.